The zero-order valence-electron chi connectivity index (χ0n) is 13.3. The molecule has 0 aromatic heterocycles. The molecule has 9 heteroatoms. The molecule has 1 aromatic carbocycles. The maximum Gasteiger partial charge on any atom is 0.340 e. The van der Waals surface area contributed by atoms with Crippen LogP contribution in [0.1, 0.15) is 30.1 Å². The molecule has 1 saturated carbocycles. The Bertz CT molecular complexity index is 746. The molecule has 0 radical (unpaired) electrons. The minimum atomic E-state index is -3.72. The Morgan fingerprint density at radius 2 is 2.04 bits per heavy atom. The van der Waals surface area contributed by atoms with Gasteiger partial charge in [-0.15, -0.1) is 0 Å². The molecule has 0 unspecified atom stereocenters. The number of carbonyl (C=O) groups is 2. The molecule has 0 aliphatic heterocycles. The fourth-order valence-corrected chi connectivity index (χ4v) is 3.11. The number of hydrogen-bond donors (Lipinski definition) is 2. The lowest BCUT2D eigenvalue weighted by atomic mass is 10.2. The number of esters is 1. The average molecular weight is 375 g/mol. The molecule has 1 aromatic rings. The van der Waals surface area contributed by atoms with E-state index in [1.807, 2.05) is 6.92 Å². The highest BCUT2D eigenvalue weighted by molar-refractivity contribution is 7.89. The molecule has 1 aliphatic rings. The largest absolute Gasteiger partial charge is 0.452 e. The predicted octanol–water partition coefficient (Wildman–Crippen LogP) is 1.32. The molecule has 0 saturated heterocycles. The highest BCUT2D eigenvalue weighted by Gasteiger charge is 2.29. The zero-order valence-corrected chi connectivity index (χ0v) is 14.9. The van der Waals surface area contributed by atoms with Gasteiger partial charge in [0.05, 0.1) is 15.5 Å². The lowest BCUT2D eigenvalue weighted by Crippen LogP contribution is -2.37. The summed E-state index contributed by atoms with van der Waals surface area (Å²) in [5.41, 5.74) is -0.115. The van der Waals surface area contributed by atoms with Gasteiger partial charge in [0.25, 0.3) is 5.91 Å². The van der Waals surface area contributed by atoms with Gasteiger partial charge in [-0.2, -0.15) is 0 Å². The van der Waals surface area contributed by atoms with Crippen molar-refractivity contribution in [3.8, 4) is 0 Å². The van der Waals surface area contributed by atoms with Crippen molar-refractivity contribution in [2.45, 2.75) is 30.7 Å². The van der Waals surface area contributed by atoms with Crippen molar-refractivity contribution < 1.29 is 22.7 Å². The van der Waals surface area contributed by atoms with Crippen molar-refractivity contribution in [2.24, 2.45) is 5.92 Å². The molecule has 0 bridgehead atoms. The van der Waals surface area contributed by atoms with Crippen molar-refractivity contribution in [1.29, 1.82) is 0 Å². The van der Waals surface area contributed by atoms with E-state index in [2.05, 4.69) is 10.0 Å². The van der Waals surface area contributed by atoms with Gasteiger partial charge in [0.15, 0.2) is 6.61 Å². The lowest BCUT2D eigenvalue weighted by molar-refractivity contribution is -0.124. The average Bonchev–Trinajstić information content (AvgIpc) is 3.37. The van der Waals surface area contributed by atoms with Crippen LogP contribution in [0.15, 0.2) is 23.1 Å². The molecule has 2 rings (SSSR count). The molecule has 0 heterocycles. The van der Waals surface area contributed by atoms with E-state index in [-0.39, 0.29) is 21.5 Å². The summed E-state index contributed by atoms with van der Waals surface area (Å²) in [7, 11) is -2.46. The topological polar surface area (TPSA) is 102 Å². The minimum Gasteiger partial charge on any atom is -0.452 e. The Hall–Kier alpha value is -1.64. The van der Waals surface area contributed by atoms with Gasteiger partial charge < -0.3 is 10.1 Å². The lowest BCUT2D eigenvalue weighted by Gasteiger charge is -2.13. The summed E-state index contributed by atoms with van der Waals surface area (Å²) in [6, 6.07) is 3.72. The van der Waals surface area contributed by atoms with E-state index in [0.717, 1.165) is 18.9 Å². The Labute approximate surface area is 145 Å². The second-order valence-corrected chi connectivity index (χ2v) is 7.91. The van der Waals surface area contributed by atoms with Crippen LogP contribution in [-0.4, -0.2) is 40.0 Å². The van der Waals surface area contributed by atoms with Crippen LogP contribution in [0, 0.1) is 5.92 Å². The number of nitrogens with one attached hydrogen (secondary N) is 2. The van der Waals surface area contributed by atoms with Crippen LogP contribution < -0.4 is 10.0 Å². The van der Waals surface area contributed by atoms with E-state index >= 15 is 0 Å². The van der Waals surface area contributed by atoms with Crippen LogP contribution in [0.4, 0.5) is 0 Å². The van der Waals surface area contributed by atoms with Gasteiger partial charge >= 0.3 is 5.97 Å². The van der Waals surface area contributed by atoms with Gasteiger partial charge in [0, 0.05) is 6.04 Å². The van der Waals surface area contributed by atoms with Crippen LogP contribution in [-0.2, 0) is 19.6 Å². The van der Waals surface area contributed by atoms with Crippen molar-refractivity contribution in [3.05, 3.63) is 28.8 Å². The summed E-state index contributed by atoms with van der Waals surface area (Å²) >= 11 is 5.92. The summed E-state index contributed by atoms with van der Waals surface area (Å²) in [5.74, 6) is -0.775. The zero-order chi connectivity index (χ0) is 17.9. The van der Waals surface area contributed by atoms with Crippen LogP contribution in [0.5, 0.6) is 0 Å². The van der Waals surface area contributed by atoms with Gasteiger partial charge in [-0.1, -0.05) is 11.6 Å². The fraction of sp³-hybridized carbons (Fsp3) is 0.467. The number of hydrogen-bond acceptors (Lipinski definition) is 5. The summed E-state index contributed by atoms with van der Waals surface area (Å²) < 4.78 is 30.6. The SMILES string of the molecule is CNS(=O)(=O)c1ccc(Cl)c(C(=O)OCC(=O)N[C@H](C)C2CC2)c1. The second-order valence-electron chi connectivity index (χ2n) is 5.62. The number of sulfonamides is 1. The Morgan fingerprint density at radius 1 is 1.38 bits per heavy atom. The number of amides is 1. The first kappa shape index (κ1) is 18.7. The number of ether oxygens (including phenoxy) is 1. The predicted molar refractivity (Wildman–Crippen MR) is 88.3 cm³/mol. The van der Waals surface area contributed by atoms with E-state index in [9.17, 15) is 18.0 Å². The van der Waals surface area contributed by atoms with Crippen molar-refractivity contribution >= 4 is 33.5 Å². The van der Waals surface area contributed by atoms with Crippen LogP contribution in [0.3, 0.4) is 0 Å². The molecular formula is C15H19ClN2O5S. The van der Waals surface area contributed by atoms with E-state index in [1.54, 1.807) is 0 Å². The Balaban J connectivity index is 2.01. The Morgan fingerprint density at radius 3 is 2.62 bits per heavy atom. The molecule has 2 N–H and O–H groups in total. The van der Waals surface area contributed by atoms with Crippen LogP contribution >= 0.6 is 11.6 Å². The fourth-order valence-electron chi connectivity index (χ4n) is 2.16. The number of benzene rings is 1. The molecule has 1 atom stereocenters. The smallest absolute Gasteiger partial charge is 0.340 e. The van der Waals surface area contributed by atoms with Crippen molar-refractivity contribution in [1.82, 2.24) is 10.0 Å². The highest BCUT2D eigenvalue weighted by atomic mass is 35.5. The monoisotopic (exact) mass is 374 g/mol. The molecule has 7 nitrogen and oxygen atoms in total. The first-order valence-corrected chi connectivity index (χ1v) is 9.30. The highest BCUT2D eigenvalue weighted by Crippen LogP contribution is 2.32. The molecule has 1 aliphatic carbocycles. The van der Waals surface area contributed by atoms with Gasteiger partial charge in [-0.3, -0.25) is 4.79 Å². The second kappa shape index (κ2) is 7.50. The van der Waals surface area contributed by atoms with Crippen molar-refractivity contribution in [2.75, 3.05) is 13.7 Å². The van der Waals surface area contributed by atoms with E-state index in [4.69, 9.17) is 16.3 Å². The minimum absolute atomic E-state index is 0.0433. The number of rotatable bonds is 7. The maximum atomic E-state index is 12.1. The summed E-state index contributed by atoms with van der Waals surface area (Å²) in [6.07, 6.45) is 2.17. The van der Waals surface area contributed by atoms with Crippen LogP contribution in [0.2, 0.25) is 5.02 Å². The van der Waals surface area contributed by atoms with Crippen molar-refractivity contribution in [3.63, 3.8) is 0 Å². The third kappa shape index (κ3) is 4.68. The standard InChI is InChI=1S/C15H19ClN2O5S/c1-9(10-3-4-10)18-14(19)8-23-15(20)12-7-11(5-6-13(12)16)24(21,22)17-2/h5-7,9-10,17H,3-4,8H2,1-2H3,(H,18,19)/t9-/m1/s1. The van der Waals surface area contributed by atoms with Crippen LogP contribution in [0.25, 0.3) is 0 Å². The van der Waals surface area contributed by atoms with Gasteiger partial charge in [0.2, 0.25) is 10.0 Å². The third-order valence-electron chi connectivity index (χ3n) is 3.79. The van der Waals surface area contributed by atoms with E-state index in [1.165, 1.54) is 19.2 Å². The molecule has 132 valence electrons. The Kier molecular flexibility index (Phi) is 5.84. The third-order valence-corrected chi connectivity index (χ3v) is 5.53. The number of halogens is 1. The summed E-state index contributed by atoms with van der Waals surface area (Å²) in [4.78, 5) is 23.7. The molecule has 1 amide bonds. The molecule has 1 fully saturated rings. The van der Waals surface area contributed by atoms with E-state index in [0.29, 0.717) is 5.92 Å². The molecular weight excluding hydrogens is 356 g/mol. The normalized spacial score (nSPS) is 15.6. The van der Waals surface area contributed by atoms with Gasteiger partial charge in [-0.25, -0.2) is 17.9 Å². The molecule has 0 spiro atoms. The quantitative estimate of drug-likeness (QED) is 0.701. The van der Waals surface area contributed by atoms with Gasteiger partial charge in [0.1, 0.15) is 0 Å². The first-order valence-electron chi connectivity index (χ1n) is 7.44. The maximum absolute atomic E-state index is 12.1. The number of carbonyl (C=O) groups excluding carboxylic acids is 2. The summed E-state index contributed by atoms with van der Waals surface area (Å²) in [6.45, 7) is 1.45. The first-order chi connectivity index (χ1) is 11.2. The molecule has 24 heavy (non-hydrogen) atoms. The summed E-state index contributed by atoms with van der Waals surface area (Å²) in [5, 5.41) is 2.80. The van der Waals surface area contributed by atoms with E-state index < -0.39 is 28.5 Å². The van der Waals surface area contributed by atoms with Gasteiger partial charge in [-0.05, 0) is 50.9 Å².